The average molecular weight is 341 g/mol. The van der Waals surface area contributed by atoms with Crippen molar-refractivity contribution in [1.82, 2.24) is 0 Å². The number of hydrogen-bond acceptors (Lipinski definition) is 3. The Bertz CT molecular complexity index is 426. The topological polar surface area (TPSA) is 35.5 Å². The van der Waals surface area contributed by atoms with Gasteiger partial charge in [0.25, 0.3) is 5.95 Å². The van der Waals surface area contributed by atoms with Gasteiger partial charge in [0.1, 0.15) is 11.9 Å². The quantitative estimate of drug-likeness (QED) is 0.413. The minimum absolute atomic E-state index is 0.216. The van der Waals surface area contributed by atoms with Crippen LogP contribution in [0.1, 0.15) is 72.6 Å². The van der Waals surface area contributed by atoms with E-state index in [1.807, 2.05) is 13.8 Å². The van der Waals surface area contributed by atoms with Crippen LogP contribution in [0, 0.1) is 5.41 Å². The maximum absolute atomic E-state index is 11.9. The summed E-state index contributed by atoms with van der Waals surface area (Å²) in [4.78, 5) is 11.9. The standard InChI is InChI=1S/C19H36O3Si/c1-8-16(14-19(3,4)15(2)20)18(22-23(5,6)7)21-17-12-10-9-11-13-17/h17H,8-14H2,1-7H3/b18-16-. The van der Waals surface area contributed by atoms with Crippen LogP contribution >= 0.6 is 0 Å². The Kier molecular flexibility index (Phi) is 7.37. The highest BCUT2D eigenvalue weighted by Crippen LogP contribution is 2.33. The maximum atomic E-state index is 11.9. The van der Waals surface area contributed by atoms with Crippen molar-refractivity contribution in [2.24, 2.45) is 5.41 Å². The summed E-state index contributed by atoms with van der Waals surface area (Å²) in [5.74, 6) is 0.946. The van der Waals surface area contributed by atoms with Crippen LogP contribution in [-0.2, 0) is 14.0 Å². The minimum atomic E-state index is -1.75. The summed E-state index contributed by atoms with van der Waals surface area (Å²) in [5.41, 5.74) is 0.785. The van der Waals surface area contributed by atoms with Crippen molar-refractivity contribution >= 4 is 14.1 Å². The smallest absolute Gasteiger partial charge is 0.264 e. The van der Waals surface area contributed by atoms with E-state index in [9.17, 15) is 4.79 Å². The summed E-state index contributed by atoms with van der Waals surface area (Å²) < 4.78 is 12.6. The molecule has 0 unspecified atom stereocenters. The molecule has 0 bridgehead atoms. The Morgan fingerprint density at radius 1 is 1.13 bits per heavy atom. The highest BCUT2D eigenvalue weighted by molar-refractivity contribution is 6.70. The molecule has 0 heterocycles. The van der Waals surface area contributed by atoms with Crippen molar-refractivity contribution in [3.63, 3.8) is 0 Å². The Balaban J connectivity index is 3.02. The van der Waals surface area contributed by atoms with Crippen LogP contribution < -0.4 is 0 Å². The molecular weight excluding hydrogens is 304 g/mol. The van der Waals surface area contributed by atoms with Crippen LogP contribution in [-0.4, -0.2) is 20.2 Å². The molecule has 0 atom stereocenters. The summed E-state index contributed by atoms with van der Waals surface area (Å²) >= 11 is 0. The predicted octanol–water partition coefficient (Wildman–Crippen LogP) is 5.81. The van der Waals surface area contributed by atoms with Gasteiger partial charge in [0.2, 0.25) is 8.32 Å². The second-order valence-electron chi connectivity index (χ2n) is 8.45. The zero-order valence-corrected chi connectivity index (χ0v) is 17.3. The summed E-state index contributed by atoms with van der Waals surface area (Å²) in [6.07, 6.45) is 7.88. The van der Waals surface area contributed by atoms with E-state index in [0.29, 0.717) is 6.42 Å². The summed E-state index contributed by atoms with van der Waals surface area (Å²) in [6.45, 7) is 14.4. The molecule has 0 saturated heterocycles. The number of Topliss-reactive ketones (excluding diaryl/α,β-unsaturated/α-hetero) is 1. The number of hydrogen-bond donors (Lipinski definition) is 0. The number of ether oxygens (including phenoxy) is 1. The molecule has 4 heteroatoms. The van der Waals surface area contributed by atoms with E-state index >= 15 is 0 Å². The molecule has 1 fully saturated rings. The van der Waals surface area contributed by atoms with Crippen LogP contribution in [0.5, 0.6) is 0 Å². The van der Waals surface area contributed by atoms with Crippen LogP contribution in [0.15, 0.2) is 11.5 Å². The first-order valence-corrected chi connectivity index (χ1v) is 12.5. The van der Waals surface area contributed by atoms with Gasteiger partial charge in [-0.2, -0.15) is 0 Å². The van der Waals surface area contributed by atoms with E-state index < -0.39 is 8.32 Å². The Labute approximate surface area is 144 Å². The average Bonchev–Trinajstić information content (AvgIpc) is 2.43. The Hall–Kier alpha value is -0.773. The zero-order chi connectivity index (χ0) is 17.7. The molecule has 0 spiro atoms. The molecule has 0 aromatic heterocycles. The van der Waals surface area contributed by atoms with Crippen molar-refractivity contribution in [2.45, 2.75) is 98.4 Å². The van der Waals surface area contributed by atoms with E-state index in [2.05, 4.69) is 26.6 Å². The first-order chi connectivity index (χ1) is 10.5. The number of rotatable bonds is 8. The summed E-state index contributed by atoms with van der Waals surface area (Å²) in [7, 11) is -1.75. The van der Waals surface area contributed by atoms with E-state index in [4.69, 9.17) is 9.16 Å². The maximum Gasteiger partial charge on any atom is 0.264 e. The largest absolute Gasteiger partial charge is 0.520 e. The third kappa shape index (κ3) is 7.11. The van der Waals surface area contributed by atoms with Crippen LogP contribution in [0.3, 0.4) is 0 Å². The van der Waals surface area contributed by atoms with Crippen molar-refractivity contribution in [3.05, 3.63) is 11.5 Å². The Morgan fingerprint density at radius 3 is 2.13 bits per heavy atom. The van der Waals surface area contributed by atoms with E-state index in [1.165, 1.54) is 19.3 Å². The fourth-order valence-corrected chi connectivity index (χ4v) is 3.54. The van der Waals surface area contributed by atoms with Gasteiger partial charge in [-0.1, -0.05) is 27.2 Å². The van der Waals surface area contributed by atoms with E-state index in [0.717, 1.165) is 30.8 Å². The molecule has 1 aliphatic carbocycles. The second kappa shape index (κ2) is 8.36. The lowest BCUT2D eigenvalue weighted by molar-refractivity contribution is -0.124. The Morgan fingerprint density at radius 2 is 1.70 bits per heavy atom. The van der Waals surface area contributed by atoms with Gasteiger partial charge in [-0.15, -0.1) is 0 Å². The van der Waals surface area contributed by atoms with Crippen molar-refractivity contribution in [3.8, 4) is 0 Å². The van der Waals surface area contributed by atoms with Crippen molar-refractivity contribution < 1.29 is 14.0 Å². The van der Waals surface area contributed by atoms with Gasteiger partial charge in [0.05, 0.1) is 0 Å². The van der Waals surface area contributed by atoms with Crippen molar-refractivity contribution in [1.29, 1.82) is 0 Å². The van der Waals surface area contributed by atoms with Crippen LogP contribution in [0.25, 0.3) is 0 Å². The third-order valence-electron chi connectivity index (χ3n) is 4.55. The monoisotopic (exact) mass is 340 g/mol. The van der Waals surface area contributed by atoms with Gasteiger partial charge < -0.3 is 9.16 Å². The zero-order valence-electron chi connectivity index (χ0n) is 16.3. The fraction of sp³-hybridized carbons (Fsp3) is 0.842. The molecule has 0 N–H and O–H groups in total. The van der Waals surface area contributed by atoms with E-state index in [1.54, 1.807) is 6.92 Å². The minimum Gasteiger partial charge on any atom is -0.520 e. The number of ketones is 1. The molecule has 0 amide bonds. The molecule has 1 rings (SSSR count). The SMILES string of the molecule is CC/C(CC(C)(C)C(C)=O)=C(\OC1CCCCC1)O[Si](C)(C)C. The highest BCUT2D eigenvalue weighted by atomic mass is 28.4. The lowest BCUT2D eigenvalue weighted by atomic mass is 9.81. The molecule has 0 radical (unpaired) electrons. The first-order valence-electron chi connectivity index (χ1n) is 9.14. The number of allylic oxidation sites excluding steroid dienone is 1. The molecule has 0 aromatic carbocycles. The highest BCUT2D eigenvalue weighted by Gasteiger charge is 2.30. The predicted molar refractivity (Wildman–Crippen MR) is 98.8 cm³/mol. The molecule has 0 aromatic rings. The fourth-order valence-electron chi connectivity index (χ4n) is 2.79. The van der Waals surface area contributed by atoms with Gasteiger partial charge in [-0.3, -0.25) is 4.79 Å². The van der Waals surface area contributed by atoms with Gasteiger partial charge in [-0.05, 0) is 65.1 Å². The molecule has 23 heavy (non-hydrogen) atoms. The van der Waals surface area contributed by atoms with Crippen molar-refractivity contribution in [2.75, 3.05) is 0 Å². The lowest BCUT2D eigenvalue weighted by Gasteiger charge is -2.31. The first kappa shape index (κ1) is 20.3. The molecule has 1 aliphatic rings. The molecule has 1 saturated carbocycles. The normalized spacial score (nSPS) is 18.4. The van der Waals surface area contributed by atoms with Gasteiger partial charge in [-0.25, -0.2) is 0 Å². The van der Waals surface area contributed by atoms with E-state index in [-0.39, 0.29) is 17.3 Å². The molecule has 3 nitrogen and oxygen atoms in total. The number of carbonyl (C=O) groups excluding carboxylic acids is 1. The third-order valence-corrected chi connectivity index (χ3v) is 5.35. The molecule has 0 aliphatic heterocycles. The lowest BCUT2D eigenvalue weighted by Crippen LogP contribution is -2.30. The number of carbonyl (C=O) groups is 1. The van der Waals surface area contributed by atoms with Crippen LogP contribution in [0.2, 0.25) is 19.6 Å². The summed E-state index contributed by atoms with van der Waals surface area (Å²) in [5, 5.41) is 0. The van der Waals surface area contributed by atoms with Gasteiger partial charge in [0.15, 0.2) is 0 Å². The van der Waals surface area contributed by atoms with Crippen LogP contribution in [0.4, 0.5) is 0 Å². The second-order valence-corrected chi connectivity index (χ2v) is 12.9. The van der Waals surface area contributed by atoms with Gasteiger partial charge in [0, 0.05) is 11.0 Å². The molecular formula is C19H36O3Si. The summed E-state index contributed by atoms with van der Waals surface area (Å²) in [6, 6.07) is 0. The molecule has 134 valence electrons. The van der Waals surface area contributed by atoms with Gasteiger partial charge >= 0.3 is 0 Å².